The molecule has 3 aromatic carbocycles. The predicted octanol–water partition coefficient (Wildman–Crippen LogP) is 6.57. The largest absolute Gasteiger partial charge is 0.391 e. The van der Waals surface area contributed by atoms with Crippen molar-refractivity contribution in [2.24, 2.45) is 0 Å². The van der Waals surface area contributed by atoms with E-state index in [4.69, 9.17) is 70.1 Å². The molecule has 2 heterocycles. The van der Waals surface area contributed by atoms with Crippen LogP contribution in [0.1, 0.15) is 35.4 Å². The van der Waals surface area contributed by atoms with Gasteiger partial charge in [0.2, 0.25) is 0 Å². The second-order valence-electron chi connectivity index (χ2n) is 11.7. The van der Waals surface area contributed by atoms with Gasteiger partial charge in [0.15, 0.2) is 6.23 Å². The standard InChI is InChI=1S/C35H36Cl4N2O8/c1-21-14-40(35(44)41(33(21)43)20-46-16-23-6-4-3-5-7-23)34-32(47-15-22(2)42)31(48-18-25-9-11-27(37)13-29(25)39)30(49-34)19-45-17-24-8-10-26(36)12-28(24)38/h3-14,22,30-32,34,42H,15-20H2,1-2H3/t22-,30-,31-,32-,34-/m1/s1. The topological polar surface area (TPSA) is 110 Å². The number of hydrogen-bond acceptors (Lipinski definition) is 8. The van der Waals surface area contributed by atoms with E-state index in [9.17, 15) is 14.7 Å². The lowest BCUT2D eigenvalue weighted by Crippen LogP contribution is -2.46. The molecule has 262 valence electrons. The summed E-state index contributed by atoms with van der Waals surface area (Å²) in [4.78, 5) is 27.1. The minimum atomic E-state index is -1.08. The summed E-state index contributed by atoms with van der Waals surface area (Å²) in [6.45, 7) is 3.18. The smallest absolute Gasteiger partial charge is 0.335 e. The second-order valence-corrected chi connectivity index (χ2v) is 13.4. The van der Waals surface area contributed by atoms with E-state index in [-0.39, 0.29) is 45.3 Å². The maximum absolute atomic E-state index is 13.9. The molecule has 0 saturated carbocycles. The van der Waals surface area contributed by atoms with Crippen LogP contribution in [0.4, 0.5) is 0 Å². The Balaban J connectivity index is 1.45. The quantitative estimate of drug-likeness (QED) is 0.145. The summed E-state index contributed by atoms with van der Waals surface area (Å²) in [5.41, 5.74) is 1.36. The fourth-order valence-electron chi connectivity index (χ4n) is 5.33. The molecule has 1 N–H and O–H groups in total. The lowest BCUT2D eigenvalue weighted by molar-refractivity contribution is -0.102. The molecule has 0 aliphatic carbocycles. The number of hydrogen-bond donors (Lipinski definition) is 1. The van der Waals surface area contributed by atoms with Gasteiger partial charge in [0.25, 0.3) is 5.56 Å². The molecule has 1 aliphatic heterocycles. The Hall–Kier alpha value is -2.74. The zero-order chi connectivity index (χ0) is 35.1. The third kappa shape index (κ3) is 9.74. The number of benzene rings is 3. The Morgan fingerprint density at radius 1 is 0.837 bits per heavy atom. The zero-order valence-electron chi connectivity index (χ0n) is 26.8. The van der Waals surface area contributed by atoms with Crippen LogP contribution in [0, 0.1) is 6.92 Å². The molecule has 4 aromatic rings. The van der Waals surface area contributed by atoms with Crippen molar-refractivity contribution in [1.82, 2.24) is 9.13 Å². The average molecular weight is 754 g/mol. The number of aliphatic hydroxyl groups excluding tert-OH is 1. The van der Waals surface area contributed by atoms with E-state index in [1.165, 1.54) is 10.8 Å². The van der Waals surface area contributed by atoms with Gasteiger partial charge in [-0.15, -0.1) is 0 Å². The summed E-state index contributed by atoms with van der Waals surface area (Å²) in [5.74, 6) is 0. The Morgan fingerprint density at radius 3 is 2.12 bits per heavy atom. The fraction of sp³-hybridized carbons (Fsp3) is 0.371. The number of ether oxygens (including phenoxy) is 5. The lowest BCUT2D eigenvalue weighted by Gasteiger charge is -2.26. The van der Waals surface area contributed by atoms with Gasteiger partial charge in [-0.05, 0) is 54.8 Å². The predicted molar refractivity (Wildman–Crippen MR) is 187 cm³/mol. The summed E-state index contributed by atoms with van der Waals surface area (Å²) in [7, 11) is 0. The molecule has 14 heteroatoms. The summed E-state index contributed by atoms with van der Waals surface area (Å²) in [6, 6.07) is 19.6. The molecule has 1 aromatic heterocycles. The Bertz CT molecular complexity index is 1840. The first kappa shape index (κ1) is 37.5. The molecular formula is C35H36Cl4N2O8. The SMILES string of the molecule is Cc1cn([C@@H]2O[C@H](COCc3ccc(Cl)cc3Cl)[C@@H](OCc3ccc(Cl)cc3Cl)[C@H]2OC[C@@H](C)O)c(=O)n(COCc2ccccc2)c1=O. The van der Waals surface area contributed by atoms with Gasteiger partial charge in [-0.1, -0.05) is 88.9 Å². The molecular weight excluding hydrogens is 718 g/mol. The normalized spacial score (nSPS) is 19.7. The van der Waals surface area contributed by atoms with Crippen molar-refractivity contribution in [2.45, 2.75) is 71.0 Å². The van der Waals surface area contributed by atoms with E-state index in [0.29, 0.717) is 31.2 Å². The minimum Gasteiger partial charge on any atom is -0.391 e. The third-order valence-electron chi connectivity index (χ3n) is 7.79. The maximum Gasteiger partial charge on any atom is 0.335 e. The van der Waals surface area contributed by atoms with Gasteiger partial charge in [0.05, 0.1) is 39.1 Å². The van der Waals surface area contributed by atoms with E-state index in [0.717, 1.165) is 10.1 Å². The van der Waals surface area contributed by atoms with Crippen LogP contribution in [0.25, 0.3) is 0 Å². The zero-order valence-corrected chi connectivity index (χ0v) is 29.8. The van der Waals surface area contributed by atoms with Crippen molar-refractivity contribution < 1.29 is 28.8 Å². The van der Waals surface area contributed by atoms with Gasteiger partial charge in [0, 0.05) is 31.9 Å². The first-order valence-electron chi connectivity index (χ1n) is 15.5. The molecule has 10 nitrogen and oxygen atoms in total. The second kappa shape index (κ2) is 17.5. The van der Waals surface area contributed by atoms with Crippen LogP contribution in [0.3, 0.4) is 0 Å². The van der Waals surface area contributed by atoms with Gasteiger partial charge >= 0.3 is 5.69 Å². The van der Waals surface area contributed by atoms with Crippen molar-refractivity contribution in [3.63, 3.8) is 0 Å². The number of halogens is 4. The number of aryl methyl sites for hydroxylation is 1. The molecule has 5 rings (SSSR count). The van der Waals surface area contributed by atoms with Gasteiger partial charge in [0.1, 0.15) is 25.0 Å². The fourth-order valence-corrected chi connectivity index (χ4v) is 6.25. The number of rotatable bonds is 15. The molecule has 1 aliphatic rings. The molecule has 1 saturated heterocycles. The highest BCUT2D eigenvalue weighted by Gasteiger charge is 2.48. The molecule has 0 unspecified atom stereocenters. The molecule has 0 bridgehead atoms. The van der Waals surface area contributed by atoms with Crippen molar-refractivity contribution in [1.29, 1.82) is 0 Å². The van der Waals surface area contributed by atoms with E-state index in [1.807, 2.05) is 30.3 Å². The van der Waals surface area contributed by atoms with Gasteiger partial charge < -0.3 is 28.8 Å². The minimum absolute atomic E-state index is 0.0105. The average Bonchev–Trinajstić information content (AvgIpc) is 3.41. The molecule has 49 heavy (non-hydrogen) atoms. The highest BCUT2D eigenvalue weighted by Crippen LogP contribution is 2.35. The van der Waals surface area contributed by atoms with E-state index < -0.39 is 41.9 Å². The maximum atomic E-state index is 13.9. The van der Waals surface area contributed by atoms with Crippen molar-refractivity contribution in [3.05, 3.63) is 136 Å². The van der Waals surface area contributed by atoms with Crippen LogP contribution in [-0.2, 0) is 50.2 Å². The van der Waals surface area contributed by atoms with Gasteiger partial charge in [-0.3, -0.25) is 9.36 Å². The summed E-state index contributed by atoms with van der Waals surface area (Å²) < 4.78 is 33.2. The number of aromatic nitrogens is 2. The first-order valence-corrected chi connectivity index (χ1v) is 17.0. The lowest BCUT2D eigenvalue weighted by atomic mass is 10.1. The highest BCUT2D eigenvalue weighted by molar-refractivity contribution is 6.35. The van der Waals surface area contributed by atoms with E-state index >= 15 is 0 Å². The molecule has 5 atom stereocenters. The summed E-state index contributed by atoms with van der Waals surface area (Å²) >= 11 is 25.0. The highest BCUT2D eigenvalue weighted by atomic mass is 35.5. The molecule has 0 spiro atoms. The van der Waals surface area contributed by atoms with Crippen LogP contribution < -0.4 is 11.2 Å². The van der Waals surface area contributed by atoms with Crippen LogP contribution in [0.2, 0.25) is 20.1 Å². The number of nitrogens with zero attached hydrogens (tertiary/aromatic N) is 2. The molecule has 0 radical (unpaired) electrons. The van der Waals surface area contributed by atoms with Crippen molar-refractivity contribution >= 4 is 46.4 Å². The van der Waals surface area contributed by atoms with Crippen LogP contribution in [-0.4, -0.2) is 51.9 Å². The van der Waals surface area contributed by atoms with Crippen LogP contribution in [0.5, 0.6) is 0 Å². The third-order valence-corrected chi connectivity index (χ3v) is 8.96. The summed E-state index contributed by atoms with van der Waals surface area (Å²) in [6.07, 6.45) is -3.02. The van der Waals surface area contributed by atoms with Gasteiger partial charge in [-0.25, -0.2) is 9.36 Å². The van der Waals surface area contributed by atoms with Gasteiger partial charge in [-0.2, -0.15) is 0 Å². The van der Waals surface area contributed by atoms with E-state index in [2.05, 4.69) is 0 Å². The Kier molecular flexibility index (Phi) is 13.4. The monoisotopic (exact) mass is 752 g/mol. The Morgan fingerprint density at radius 2 is 1.49 bits per heavy atom. The first-order chi connectivity index (χ1) is 23.5. The molecule has 0 amide bonds. The Labute approximate surface area is 303 Å². The van der Waals surface area contributed by atoms with Crippen molar-refractivity contribution in [2.75, 3.05) is 13.2 Å². The van der Waals surface area contributed by atoms with Crippen molar-refractivity contribution in [3.8, 4) is 0 Å². The molecule has 1 fully saturated rings. The summed E-state index contributed by atoms with van der Waals surface area (Å²) in [5, 5.41) is 12.0. The number of aliphatic hydroxyl groups is 1. The van der Waals surface area contributed by atoms with Crippen LogP contribution >= 0.6 is 46.4 Å². The van der Waals surface area contributed by atoms with E-state index in [1.54, 1.807) is 50.2 Å². The van der Waals surface area contributed by atoms with Crippen LogP contribution in [0.15, 0.2) is 82.5 Å².